The molecular formula is C17H26N2O2. The van der Waals surface area contributed by atoms with Crippen LogP contribution in [-0.2, 0) is 24.0 Å². The summed E-state index contributed by atoms with van der Waals surface area (Å²) in [4.78, 5) is 18.8. The Bertz CT molecular complexity index is 515. The fourth-order valence-corrected chi connectivity index (χ4v) is 3.75. The van der Waals surface area contributed by atoms with Crippen LogP contribution >= 0.6 is 0 Å². The van der Waals surface area contributed by atoms with Crippen LogP contribution in [0.15, 0.2) is 0 Å². The van der Waals surface area contributed by atoms with Crippen LogP contribution < -0.4 is 0 Å². The number of nitrogens with one attached hydrogen (secondary N) is 1. The van der Waals surface area contributed by atoms with Crippen LogP contribution in [0.2, 0.25) is 0 Å². The van der Waals surface area contributed by atoms with Gasteiger partial charge in [-0.25, -0.2) is 0 Å². The summed E-state index contributed by atoms with van der Waals surface area (Å²) in [5.41, 5.74) is 4.75. The van der Waals surface area contributed by atoms with E-state index in [1.54, 1.807) is 0 Å². The Morgan fingerprint density at radius 1 is 1.24 bits per heavy atom. The van der Waals surface area contributed by atoms with Gasteiger partial charge >= 0.3 is 0 Å². The van der Waals surface area contributed by atoms with Crippen molar-refractivity contribution >= 4 is 5.78 Å². The summed E-state index contributed by atoms with van der Waals surface area (Å²) in [5, 5.41) is 0. The smallest absolute Gasteiger partial charge is 0.169 e. The number of carbonyl (C=O) groups excluding carboxylic acids is 1. The van der Waals surface area contributed by atoms with Crippen molar-refractivity contribution in [3.8, 4) is 0 Å². The topological polar surface area (TPSA) is 45.3 Å². The number of aromatic amines is 1. The molecule has 0 radical (unpaired) electrons. The molecule has 1 aromatic heterocycles. The van der Waals surface area contributed by atoms with Crippen molar-refractivity contribution in [1.82, 2.24) is 9.88 Å². The first-order valence-corrected chi connectivity index (χ1v) is 8.31. The molecule has 3 rings (SSSR count). The number of fused-ring (bicyclic) bond motifs is 1. The lowest BCUT2D eigenvalue weighted by Gasteiger charge is -2.31. The van der Waals surface area contributed by atoms with E-state index in [0.29, 0.717) is 5.78 Å². The summed E-state index contributed by atoms with van der Waals surface area (Å²) in [6.07, 6.45) is 3.93. The lowest BCUT2D eigenvalue weighted by atomic mass is 9.83. The fraction of sp³-hybridized carbons (Fsp3) is 0.706. The molecule has 21 heavy (non-hydrogen) atoms. The monoisotopic (exact) mass is 290 g/mol. The molecule has 1 atom stereocenters. The lowest BCUT2D eigenvalue weighted by Crippen LogP contribution is -2.42. The van der Waals surface area contributed by atoms with E-state index in [9.17, 15) is 4.79 Å². The predicted molar refractivity (Wildman–Crippen MR) is 82.9 cm³/mol. The van der Waals surface area contributed by atoms with Crippen molar-refractivity contribution in [2.75, 3.05) is 32.8 Å². The third kappa shape index (κ3) is 2.79. The third-order valence-corrected chi connectivity index (χ3v) is 4.92. The fourth-order valence-electron chi connectivity index (χ4n) is 3.75. The van der Waals surface area contributed by atoms with Gasteiger partial charge in [0.25, 0.3) is 0 Å². The highest BCUT2D eigenvalue weighted by molar-refractivity contribution is 6.01. The number of rotatable bonds is 4. The molecule has 0 aromatic carbocycles. The molecule has 1 N–H and O–H groups in total. The van der Waals surface area contributed by atoms with Crippen LogP contribution in [0.1, 0.15) is 47.6 Å². The van der Waals surface area contributed by atoms with Crippen molar-refractivity contribution in [3.05, 3.63) is 22.5 Å². The molecule has 0 spiro atoms. The molecule has 0 amide bonds. The Balaban J connectivity index is 1.79. The molecule has 4 nitrogen and oxygen atoms in total. The molecule has 4 heteroatoms. The molecular weight excluding hydrogens is 264 g/mol. The summed E-state index contributed by atoms with van der Waals surface area (Å²) in [6.45, 7) is 8.74. The lowest BCUT2D eigenvalue weighted by molar-refractivity contribution is 0.0291. The molecule has 1 aliphatic heterocycles. The summed E-state index contributed by atoms with van der Waals surface area (Å²) in [5.74, 6) is 0.539. The first-order valence-electron chi connectivity index (χ1n) is 8.31. The maximum atomic E-state index is 12.9. The number of ketones is 1. The largest absolute Gasteiger partial charge is 0.379 e. The quantitative estimate of drug-likeness (QED) is 0.925. The number of aryl methyl sites for hydroxylation is 2. The first-order chi connectivity index (χ1) is 10.2. The van der Waals surface area contributed by atoms with Crippen LogP contribution in [0, 0.1) is 5.92 Å². The molecule has 2 aliphatic rings. The summed E-state index contributed by atoms with van der Waals surface area (Å²) >= 11 is 0. The van der Waals surface area contributed by atoms with Crippen LogP contribution in [0.4, 0.5) is 0 Å². The molecule has 1 fully saturated rings. The number of ether oxygens (including phenoxy) is 1. The van der Waals surface area contributed by atoms with Gasteiger partial charge in [-0.15, -0.1) is 0 Å². The summed E-state index contributed by atoms with van der Waals surface area (Å²) < 4.78 is 5.39. The van der Waals surface area contributed by atoms with Gasteiger partial charge in [-0.3, -0.25) is 9.69 Å². The molecule has 1 aromatic rings. The zero-order valence-electron chi connectivity index (χ0n) is 13.2. The maximum absolute atomic E-state index is 12.9. The van der Waals surface area contributed by atoms with Crippen molar-refractivity contribution in [2.45, 2.75) is 39.5 Å². The molecule has 0 bridgehead atoms. The molecule has 2 heterocycles. The Hall–Kier alpha value is -1.13. The second-order valence-corrected chi connectivity index (χ2v) is 6.16. The highest BCUT2D eigenvalue weighted by Gasteiger charge is 2.33. The van der Waals surface area contributed by atoms with Gasteiger partial charge in [0.15, 0.2) is 5.78 Å². The molecule has 1 aliphatic carbocycles. The zero-order valence-corrected chi connectivity index (χ0v) is 13.2. The van der Waals surface area contributed by atoms with Crippen LogP contribution in [0.3, 0.4) is 0 Å². The van der Waals surface area contributed by atoms with Gasteiger partial charge in [-0.2, -0.15) is 0 Å². The normalized spacial score (nSPS) is 23.3. The number of hydrogen-bond donors (Lipinski definition) is 1. The summed E-state index contributed by atoms with van der Waals surface area (Å²) in [7, 11) is 0. The second-order valence-electron chi connectivity index (χ2n) is 6.16. The minimum atomic E-state index is 0.168. The van der Waals surface area contributed by atoms with Crippen molar-refractivity contribution < 1.29 is 9.53 Å². The van der Waals surface area contributed by atoms with Crippen LogP contribution in [0.5, 0.6) is 0 Å². The number of H-pyrrole nitrogens is 1. The summed E-state index contributed by atoms with van der Waals surface area (Å²) in [6, 6.07) is 0. The average Bonchev–Trinajstić information content (AvgIpc) is 2.89. The van der Waals surface area contributed by atoms with Gasteiger partial charge < -0.3 is 9.72 Å². The second kappa shape index (κ2) is 6.32. The van der Waals surface area contributed by atoms with Gasteiger partial charge in [-0.05, 0) is 31.2 Å². The number of aromatic nitrogens is 1. The van der Waals surface area contributed by atoms with E-state index in [2.05, 4.69) is 23.7 Å². The van der Waals surface area contributed by atoms with Gasteiger partial charge in [0, 0.05) is 42.5 Å². The number of Topliss-reactive ketones (excluding diaryl/α,β-unsaturated/α-hetero) is 1. The van der Waals surface area contributed by atoms with E-state index < -0.39 is 0 Å². The number of hydrogen-bond acceptors (Lipinski definition) is 3. The molecule has 116 valence electrons. The third-order valence-electron chi connectivity index (χ3n) is 4.92. The minimum absolute atomic E-state index is 0.168. The Kier molecular flexibility index (Phi) is 4.45. The molecule has 1 saturated heterocycles. The maximum Gasteiger partial charge on any atom is 0.169 e. The first kappa shape index (κ1) is 14.8. The van der Waals surface area contributed by atoms with Crippen molar-refractivity contribution in [2.24, 2.45) is 5.92 Å². The van der Waals surface area contributed by atoms with Gasteiger partial charge in [0.2, 0.25) is 0 Å². The van der Waals surface area contributed by atoms with E-state index in [1.807, 2.05) is 0 Å². The van der Waals surface area contributed by atoms with Gasteiger partial charge in [-0.1, -0.05) is 13.8 Å². The Morgan fingerprint density at radius 2 is 2.00 bits per heavy atom. The number of nitrogens with zero attached hydrogens (tertiary/aromatic N) is 1. The van der Waals surface area contributed by atoms with E-state index >= 15 is 0 Å². The minimum Gasteiger partial charge on any atom is -0.379 e. The van der Waals surface area contributed by atoms with Crippen molar-refractivity contribution in [3.63, 3.8) is 0 Å². The number of morpholine rings is 1. The van der Waals surface area contributed by atoms with Gasteiger partial charge in [0.1, 0.15) is 0 Å². The Morgan fingerprint density at radius 3 is 2.67 bits per heavy atom. The Labute approximate surface area is 126 Å². The average molecular weight is 290 g/mol. The molecule has 0 saturated carbocycles. The zero-order chi connectivity index (χ0) is 14.8. The van der Waals surface area contributed by atoms with E-state index in [4.69, 9.17) is 4.74 Å². The standard InChI is InChI=1S/C17H26N2O2/c1-3-13-14(4-2)18-15-6-5-12(17(20)16(13)15)11-19-7-9-21-10-8-19/h12,18H,3-11H2,1-2H3. The van der Waals surface area contributed by atoms with Gasteiger partial charge in [0.05, 0.1) is 13.2 Å². The van der Waals surface area contributed by atoms with Crippen LogP contribution in [-0.4, -0.2) is 48.5 Å². The SMILES string of the molecule is CCc1[nH]c2c(c1CC)C(=O)C(CN1CCOCC1)CC2. The number of carbonyl (C=O) groups is 1. The molecule has 1 unspecified atom stereocenters. The van der Waals surface area contributed by atoms with E-state index in [1.165, 1.54) is 17.0 Å². The predicted octanol–water partition coefficient (Wildman–Crippen LogP) is 2.22. The van der Waals surface area contributed by atoms with E-state index in [0.717, 1.165) is 64.1 Å². The highest BCUT2D eigenvalue weighted by atomic mass is 16.5. The van der Waals surface area contributed by atoms with E-state index in [-0.39, 0.29) is 5.92 Å². The van der Waals surface area contributed by atoms with Crippen LogP contribution in [0.25, 0.3) is 0 Å². The highest BCUT2D eigenvalue weighted by Crippen LogP contribution is 2.31. The van der Waals surface area contributed by atoms with Crippen molar-refractivity contribution in [1.29, 1.82) is 0 Å².